The summed E-state index contributed by atoms with van der Waals surface area (Å²) >= 11 is 1.33. The zero-order valence-corrected chi connectivity index (χ0v) is 18.3. The molecule has 1 aromatic carbocycles. The van der Waals surface area contributed by atoms with Crippen LogP contribution >= 0.6 is 11.3 Å². The van der Waals surface area contributed by atoms with Gasteiger partial charge in [-0.05, 0) is 58.4 Å². The monoisotopic (exact) mass is 426 g/mol. The van der Waals surface area contributed by atoms with Crippen LogP contribution in [0, 0.1) is 20.8 Å². The molecule has 30 heavy (non-hydrogen) atoms. The SMILES string of the molecule is Cc1ncsc1C(=O)Nc1ccc(OCC2CCCCN2)c(-c2c(C)noc2C)c1. The van der Waals surface area contributed by atoms with E-state index >= 15 is 0 Å². The standard InChI is InChI=1S/C22H26N4O3S/c1-13-20(15(3)29-26-13)18-10-16(25-22(27)21-14(2)24-12-30-21)7-8-19(18)28-11-17-6-4-5-9-23-17/h7-8,10,12,17,23H,4-6,9,11H2,1-3H3,(H,25,27). The predicted octanol–water partition coefficient (Wildman–Crippen LogP) is 4.50. The fourth-order valence-electron chi connectivity index (χ4n) is 3.76. The number of hydrogen-bond acceptors (Lipinski definition) is 7. The molecule has 1 amide bonds. The molecular formula is C22H26N4O3S. The van der Waals surface area contributed by atoms with E-state index < -0.39 is 0 Å². The number of benzene rings is 1. The van der Waals surface area contributed by atoms with Crippen molar-refractivity contribution in [3.63, 3.8) is 0 Å². The molecule has 1 unspecified atom stereocenters. The molecule has 1 saturated heterocycles. The number of rotatable bonds is 6. The predicted molar refractivity (Wildman–Crippen MR) is 117 cm³/mol. The highest BCUT2D eigenvalue weighted by atomic mass is 32.1. The Balaban J connectivity index is 1.61. The number of nitrogens with zero attached hydrogens (tertiary/aromatic N) is 2. The van der Waals surface area contributed by atoms with Crippen molar-refractivity contribution in [2.24, 2.45) is 0 Å². The highest BCUT2D eigenvalue weighted by Crippen LogP contribution is 2.37. The largest absolute Gasteiger partial charge is 0.491 e. The normalized spacial score (nSPS) is 16.4. The molecule has 158 valence electrons. The summed E-state index contributed by atoms with van der Waals surface area (Å²) in [5.74, 6) is 1.30. The molecule has 8 heteroatoms. The van der Waals surface area contributed by atoms with Gasteiger partial charge in [-0.1, -0.05) is 11.6 Å². The van der Waals surface area contributed by atoms with E-state index in [-0.39, 0.29) is 5.91 Å². The Morgan fingerprint density at radius 3 is 2.83 bits per heavy atom. The molecular weight excluding hydrogens is 400 g/mol. The topological polar surface area (TPSA) is 89.3 Å². The van der Waals surface area contributed by atoms with Crippen molar-refractivity contribution in [2.45, 2.75) is 46.1 Å². The van der Waals surface area contributed by atoms with Gasteiger partial charge in [-0.25, -0.2) is 4.98 Å². The Bertz CT molecular complexity index is 1020. The summed E-state index contributed by atoms with van der Waals surface area (Å²) in [4.78, 5) is 17.4. The minimum Gasteiger partial charge on any atom is -0.491 e. The van der Waals surface area contributed by atoms with Gasteiger partial charge in [-0.15, -0.1) is 11.3 Å². The minimum atomic E-state index is -0.167. The molecule has 2 N–H and O–H groups in total. The fraction of sp³-hybridized carbons (Fsp3) is 0.409. The lowest BCUT2D eigenvalue weighted by Crippen LogP contribution is -2.38. The molecule has 1 fully saturated rings. The number of ether oxygens (including phenoxy) is 1. The Labute approximate surface area is 179 Å². The van der Waals surface area contributed by atoms with Crippen LogP contribution in [-0.2, 0) is 0 Å². The van der Waals surface area contributed by atoms with E-state index in [0.717, 1.165) is 47.0 Å². The van der Waals surface area contributed by atoms with Gasteiger partial charge < -0.3 is 19.9 Å². The van der Waals surface area contributed by atoms with Crippen LogP contribution in [0.1, 0.15) is 46.1 Å². The zero-order chi connectivity index (χ0) is 21.1. The van der Waals surface area contributed by atoms with Crippen LogP contribution in [0.3, 0.4) is 0 Å². The number of anilines is 1. The van der Waals surface area contributed by atoms with Crippen LogP contribution in [0.25, 0.3) is 11.1 Å². The summed E-state index contributed by atoms with van der Waals surface area (Å²) in [6.07, 6.45) is 3.55. The van der Waals surface area contributed by atoms with E-state index in [1.807, 2.05) is 39.0 Å². The van der Waals surface area contributed by atoms with E-state index in [2.05, 4.69) is 20.8 Å². The Morgan fingerprint density at radius 1 is 1.30 bits per heavy atom. The second kappa shape index (κ2) is 8.97. The molecule has 0 spiro atoms. The van der Waals surface area contributed by atoms with Crippen LogP contribution in [0.2, 0.25) is 0 Å². The molecule has 0 radical (unpaired) electrons. The van der Waals surface area contributed by atoms with Gasteiger partial charge in [0.05, 0.1) is 22.5 Å². The van der Waals surface area contributed by atoms with Crippen LogP contribution in [0.5, 0.6) is 5.75 Å². The molecule has 2 aromatic heterocycles. The van der Waals surface area contributed by atoms with Gasteiger partial charge in [-0.3, -0.25) is 4.79 Å². The number of carbonyl (C=O) groups is 1. The van der Waals surface area contributed by atoms with Gasteiger partial charge in [0, 0.05) is 17.3 Å². The van der Waals surface area contributed by atoms with Crippen LogP contribution in [0.15, 0.2) is 28.2 Å². The van der Waals surface area contributed by atoms with E-state index in [9.17, 15) is 4.79 Å². The molecule has 0 aliphatic carbocycles. The Kier molecular flexibility index (Phi) is 6.15. The first-order chi connectivity index (χ1) is 14.5. The van der Waals surface area contributed by atoms with Crippen molar-refractivity contribution in [2.75, 3.05) is 18.5 Å². The van der Waals surface area contributed by atoms with E-state index in [1.165, 1.54) is 24.2 Å². The van der Waals surface area contributed by atoms with Crippen molar-refractivity contribution in [1.82, 2.24) is 15.5 Å². The number of thiazole rings is 1. The number of hydrogen-bond donors (Lipinski definition) is 2. The number of carbonyl (C=O) groups excluding carboxylic acids is 1. The average molecular weight is 427 g/mol. The highest BCUT2D eigenvalue weighted by molar-refractivity contribution is 7.12. The number of piperidine rings is 1. The highest BCUT2D eigenvalue weighted by Gasteiger charge is 2.20. The molecule has 1 aliphatic rings. The number of aryl methyl sites for hydroxylation is 3. The lowest BCUT2D eigenvalue weighted by atomic mass is 10.0. The van der Waals surface area contributed by atoms with Gasteiger partial charge in [0.25, 0.3) is 5.91 Å². The van der Waals surface area contributed by atoms with E-state index in [0.29, 0.717) is 23.2 Å². The molecule has 7 nitrogen and oxygen atoms in total. The van der Waals surface area contributed by atoms with Crippen molar-refractivity contribution in [1.29, 1.82) is 0 Å². The maximum atomic E-state index is 12.6. The summed E-state index contributed by atoms with van der Waals surface area (Å²) < 4.78 is 11.6. The van der Waals surface area contributed by atoms with E-state index in [1.54, 1.807) is 5.51 Å². The third kappa shape index (κ3) is 4.39. The Morgan fingerprint density at radius 2 is 2.17 bits per heavy atom. The van der Waals surface area contributed by atoms with Crippen molar-refractivity contribution < 1.29 is 14.1 Å². The van der Waals surface area contributed by atoms with Gasteiger partial charge >= 0.3 is 0 Å². The lowest BCUT2D eigenvalue weighted by Gasteiger charge is -2.24. The molecule has 3 aromatic rings. The van der Waals surface area contributed by atoms with Gasteiger partial charge in [0.1, 0.15) is 23.0 Å². The molecule has 0 bridgehead atoms. The summed E-state index contributed by atoms with van der Waals surface area (Å²) in [5.41, 5.74) is 5.63. The first kappa shape index (κ1) is 20.6. The second-order valence-electron chi connectivity index (χ2n) is 7.59. The van der Waals surface area contributed by atoms with Gasteiger partial charge in [0.2, 0.25) is 0 Å². The third-order valence-electron chi connectivity index (χ3n) is 5.34. The zero-order valence-electron chi connectivity index (χ0n) is 17.4. The molecule has 1 aliphatic heterocycles. The van der Waals surface area contributed by atoms with Crippen LogP contribution < -0.4 is 15.4 Å². The fourth-order valence-corrected chi connectivity index (χ4v) is 4.46. The molecule has 0 saturated carbocycles. The van der Waals surface area contributed by atoms with E-state index in [4.69, 9.17) is 9.26 Å². The van der Waals surface area contributed by atoms with Crippen molar-refractivity contribution in [3.05, 3.63) is 45.7 Å². The Hall–Kier alpha value is -2.71. The quantitative estimate of drug-likeness (QED) is 0.603. The summed E-state index contributed by atoms with van der Waals surface area (Å²) in [5, 5.41) is 10.6. The number of aromatic nitrogens is 2. The third-order valence-corrected chi connectivity index (χ3v) is 6.27. The first-order valence-corrected chi connectivity index (χ1v) is 11.1. The summed E-state index contributed by atoms with van der Waals surface area (Å²) in [7, 11) is 0. The molecule has 4 rings (SSSR count). The van der Waals surface area contributed by atoms with Crippen molar-refractivity contribution >= 4 is 22.9 Å². The van der Waals surface area contributed by atoms with Gasteiger partial charge in [0.15, 0.2) is 0 Å². The summed E-state index contributed by atoms with van der Waals surface area (Å²) in [6, 6.07) is 6.04. The van der Waals surface area contributed by atoms with Crippen LogP contribution in [-0.4, -0.2) is 35.2 Å². The summed E-state index contributed by atoms with van der Waals surface area (Å²) in [6.45, 7) is 7.25. The van der Waals surface area contributed by atoms with Crippen LogP contribution in [0.4, 0.5) is 5.69 Å². The maximum Gasteiger partial charge on any atom is 0.267 e. The number of nitrogens with one attached hydrogen (secondary N) is 2. The smallest absolute Gasteiger partial charge is 0.267 e. The molecule has 3 heterocycles. The van der Waals surface area contributed by atoms with Gasteiger partial charge in [-0.2, -0.15) is 0 Å². The minimum absolute atomic E-state index is 0.167. The van der Waals surface area contributed by atoms with Crippen molar-refractivity contribution in [3.8, 4) is 16.9 Å². The first-order valence-electron chi connectivity index (χ1n) is 10.2. The maximum absolute atomic E-state index is 12.6. The lowest BCUT2D eigenvalue weighted by molar-refractivity contribution is 0.103. The average Bonchev–Trinajstić information content (AvgIpc) is 3.32. The second-order valence-corrected chi connectivity index (χ2v) is 8.44. The number of amides is 1. The molecule has 1 atom stereocenters.